The number of aliphatic hydroxyl groups excluding tert-OH is 1. The summed E-state index contributed by atoms with van der Waals surface area (Å²) in [6, 6.07) is 3.88. The Morgan fingerprint density at radius 2 is 2.30 bits per heavy atom. The van der Waals surface area contributed by atoms with Gasteiger partial charge in [0.05, 0.1) is 18.9 Å². The summed E-state index contributed by atoms with van der Waals surface area (Å²) in [4.78, 5) is 13.8. The third-order valence-corrected chi connectivity index (χ3v) is 3.07. The number of urea groups is 1. The van der Waals surface area contributed by atoms with Crippen LogP contribution in [0.15, 0.2) is 18.2 Å². The molecule has 0 spiro atoms. The summed E-state index contributed by atoms with van der Waals surface area (Å²) < 4.78 is 18.5. The molecule has 0 bridgehead atoms. The number of halogens is 1. The Morgan fingerprint density at radius 3 is 2.90 bits per heavy atom. The van der Waals surface area contributed by atoms with Crippen molar-refractivity contribution in [2.24, 2.45) is 0 Å². The second-order valence-electron chi connectivity index (χ2n) is 4.65. The molecule has 2 rings (SSSR count). The molecule has 1 aliphatic carbocycles. The zero-order chi connectivity index (χ0) is 14.5. The van der Waals surface area contributed by atoms with Crippen molar-refractivity contribution in [1.82, 2.24) is 4.90 Å². The van der Waals surface area contributed by atoms with Crippen molar-refractivity contribution in [2.45, 2.75) is 25.8 Å². The molecule has 1 aromatic carbocycles. The van der Waals surface area contributed by atoms with Crippen LogP contribution >= 0.6 is 0 Å². The number of ether oxygens (including phenoxy) is 1. The average molecular weight is 282 g/mol. The van der Waals surface area contributed by atoms with E-state index in [-0.39, 0.29) is 18.7 Å². The second-order valence-corrected chi connectivity index (χ2v) is 4.65. The number of nitrogens with zero attached hydrogens (tertiary/aromatic N) is 1. The number of carbonyl (C=O) groups excluding carboxylic acids is 1. The van der Waals surface area contributed by atoms with Gasteiger partial charge in [0.15, 0.2) is 0 Å². The van der Waals surface area contributed by atoms with Crippen LogP contribution in [0.1, 0.15) is 19.8 Å². The summed E-state index contributed by atoms with van der Waals surface area (Å²) in [6.45, 7) is 2.39. The summed E-state index contributed by atoms with van der Waals surface area (Å²) >= 11 is 0. The molecular weight excluding hydrogens is 263 g/mol. The highest BCUT2D eigenvalue weighted by molar-refractivity contribution is 5.91. The normalized spacial score (nSPS) is 13.9. The van der Waals surface area contributed by atoms with E-state index >= 15 is 0 Å². The number of rotatable bonds is 6. The van der Waals surface area contributed by atoms with Crippen LogP contribution in [0.25, 0.3) is 0 Å². The molecule has 6 heteroatoms. The first-order valence-corrected chi connectivity index (χ1v) is 6.76. The predicted molar refractivity (Wildman–Crippen MR) is 73.4 cm³/mol. The smallest absolute Gasteiger partial charge is 0.322 e. The minimum atomic E-state index is -0.416. The summed E-state index contributed by atoms with van der Waals surface area (Å²) in [5.74, 6) is -0.110. The standard InChI is InChI=1S/C14H19FN2O3/c1-2-20-13-9-10(15)3-6-12(13)16-14(19)17(7-8-18)11-4-5-11/h3,6,9,11,18H,2,4-5,7-8H2,1H3,(H,16,19). The van der Waals surface area contributed by atoms with Crippen molar-refractivity contribution < 1.29 is 19.0 Å². The van der Waals surface area contributed by atoms with Gasteiger partial charge in [-0.2, -0.15) is 0 Å². The Hall–Kier alpha value is -1.82. The lowest BCUT2D eigenvalue weighted by Crippen LogP contribution is -2.38. The average Bonchev–Trinajstić information content (AvgIpc) is 3.23. The van der Waals surface area contributed by atoms with Gasteiger partial charge in [-0.15, -0.1) is 0 Å². The Labute approximate surface area is 117 Å². The van der Waals surface area contributed by atoms with E-state index in [0.29, 0.717) is 24.6 Å². The zero-order valence-corrected chi connectivity index (χ0v) is 11.4. The van der Waals surface area contributed by atoms with Crippen LogP contribution in [0.5, 0.6) is 5.75 Å². The van der Waals surface area contributed by atoms with Crippen LogP contribution < -0.4 is 10.1 Å². The number of nitrogens with one attached hydrogen (secondary N) is 1. The quantitative estimate of drug-likeness (QED) is 0.841. The molecule has 0 aromatic heterocycles. The molecule has 5 nitrogen and oxygen atoms in total. The lowest BCUT2D eigenvalue weighted by Gasteiger charge is -2.22. The highest BCUT2D eigenvalue weighted by Gasteiger charge is 2.32. The minimum Gasteiger partial charge on any atom is -0.492 e. The number of benzene rings is 1. The van der Waals surface area contributed by atoms with Gasteiger partial charge in [-0.25, -0.2) is 9.18 Å². The SMILES string of the molecule is CCOc1cc(F)ccc1NC(=O)N(CCO)C1CC1. The Morgan fingerprint density at radius 1 is 1.55 bits per heavy atom. The van der Waals surface area contributed by atoms with Crippen LogP contribution in [0.4, 0.5) is 14.9 Å². The maximum Gasteiger partial charge on any atom is 0.322 e. The Balaban J connectivity index is 2.09. The monoisotopic (exact) mass is 282 g/mol. The first-order valence-electron chi connectivity index (χ1n) is 6.76. The zero-order valence-electron chi connectivity index (χ0n) is 11.4. The van der Waals surface area contributed by atoms with E-state index in [1.54, 1.807) is 11.8 Å². The maximum absolute atomic E-state index is 13.2. The molecule has 1 fully saturated rings. The summed E-state index contributed by atoms with van der Waals surface area (Å²) in [6.07, 6.45) is 1.91. The van der Waals surface area contributed by atoms with Gasteiger partial charge < -0.3 is 20.1 Å². The van der Waals surface area contributed by atoms with Crippen LogP contribution in [0, 0.1) is 5.82 Å². The number of amides is 2. The molecule has 2 amide bonds. The van der Waals surface area contributed by atoms with Crippen molar-refractivity contribution in [1.29, 1.82) is 0 Å². The van der Waals surface area contributed by atoms with Gasteiger partial charge in [-0.1, -0.05) is 0 Å². The third kappa shape index (κ3) is 3.60. The van der Waals surface area contributed by atoms with E-state index in [2.05, 4.69) is 5.32 Å². The fourth-order valence-electron chi connectivity index (χ4n) is 2.01. The molecule has 20 heavy (non-hydrogen) atoms. The molecule has 1 saturated carbocycles. The molecule has 2 N–H and O–H groups in total. The molecule has 0 unspecified atom stereocenters. The Kier molecular flexibility index (Phi) is 4.79. The Bertz CT molecular complexity index is 477. The molecule has 0 aliphatic heterocycles. The van der Waals surface area contributed by atoms with Crippen molar-refractivity contribution >= 4 is 11.7 Å². The second kappa shape index (κ2) is 6.56. The van der Waals surface area contributed by atoms with Crippen LogP contribution in [0.3, 0.4) is 0 Å². The fourth-order valence-corrected chi connectivity index (χ4v) is 2.01. The van der Waals surface area contributed by atoms with E-state index < -0.39 is 5.82 Å². The van der Waals surface area contributed by atoms with E-state index in [9.17, 15) is 9.18 Å². The molecule has 110 valence electrons. The van der Waals surface area contributed by atoms with Gasteiger partial charge in [0, 0.05) is 18.7 Å². The topological polar surface area (TPSA) is 61.8 Å². The van der Waals surface area contributed by atoms with Crippen molar-refractivity contribution in [3.8, 4) is 5.75 Å². The first kappa shape index (κ1) is 14.6. The van der Waals surface area contributed by atoms with Gasteiger partial charge in [0.1, 0.15) is 11.6 Å². The number of carbonyl (C=O) groups is 1. The van der Waals surface area contributed by atoms with Gasteiger partial charge in [-0.3, -0.25) is 0 Å². The minimum absolute atomic E-state index is 0.0777. The molecule has 0 heterocycles. The molecule has 1 aromatic rings. The lowest BCUT2D eigenvalue weighted by atomic mass is 10.3. The van der Waals surface area contributed by atoms with Gasteiger partial charge in [-0.05, 0) is 31.9 Å². The van der Waals surface area contributed by atoms with Crippen molar-refractivity contribution in [3.63, 3.8) is 0 Å². The van der Waals surface area contributed by atoms with Gasteiger partial charge in [0.2, 0.25) is 0 Å². The van der Waals surface area contributed by atoms with E-state index in [1.165, 1.54) is 18.2 Å². The van der Waals surface area contributed by atoms with Crippen LogP contribution in [0.2, 0.25) is 0 Å². The van der Waals surface area contributed by atoms with Gasteiger partial charge >= 0.3 is 6.03 Å². The molecule has 0 atom stereocenters. The molecule has 0 saturated heterocycles. The maximum atomic E-state index is 13.2. The largest absolute Gasteiger partial charge is 0.492 e. The number of hydrogen-bond acceptors (Lipinski definition) is 3. The predicted octanol–water partition coefficient (Wildman–Crippen LogP) is 2.21. The summed E-state index contributed by atoms with van der Waals surface area (Å²) in [7, 11) is 0. The van der Waals surface area contributed by atoms with Crippen LogP contribution in [-0.4, -0.2) is 41.8 Å². The molecular formula is C14H19FN2O3. The van der Waals surface area contributed by atoms with E-state index in [1.807, 2.05) is 0 Å². The third-order valence-electron chi connectivity index (χ3n) is 3.07. The van der Waals surface area contributed by atoms with Crippen molar-refractivity contribution in [2.75, 3.05) is 25.1 Å². The first-order chi connectivity index (χ1) is 9.65. The highest BCUT2D eigenvalue weighted by Crippen LogP contribution is 2.29. The van der Waals surface area contributed by atoms with Crippen molar-refractivity contribution in [3.05, 3.63) is 24.0 Å². The van der Waals surface area contributed by atoms with Crippen LogP contribution in [-0.2, 0) is 0 Å². The van der Waals surface area contributed by atoms with Gasteiger partial charge in [0.25, 0.3) is 0 Å². The van der Waals surface area contributed by atoms with E-state index in [4.69, 9.17) is 9.84 Å². The lowest BCUT2D eigenvalue weighted by molar-refractivity contribution is 0.185. The number of anilines is 1. The number of aliphatic hydroxyl groups is 1. The van der Waals surface area contributed by atoms with E-state index in [0.717, 1.165) is 12.8 Å². The number of hydrogen-bond donors (Lipinski definition) is 2. The summed E-state index contributed by atoms with van der Waals surface area (Å²) in [5.41, 5.74) is 0.432. The fraction of sp³-hybridized carbons (Fsp3) is 0.500. The summed E-state index contributed by atoms with van der Waals surface area (Å²) in [5, 5.41) is 11.7. The molecule has 0 radical (unpaired) electrons. The highest BCUT2D eigenvalue weighted by atomic mass is 19.1. The molecule has 1 aliphatic rings.